The highest BCUT2D eigenvalue weighted by Gasteiger charge is 2.27. The van der Waals surface area contributed by atoms with Gasteiger partial charge < -0.3 is 29.9 Å². The van der Waals surface area contributed by atoms with E-state index in [2.05, 4.69) is 20.3 Å². The Morgan fingerprint density at radius 2 is 2.03 bits per heavy atom. The standard InChI is InChI=1S/C20H27N5O5/c1-12(2)29-20(28)25-6-4-15(5-7-25)30-19-17(27)18(22-11-23-19)24-16-9-21-14(10-26)8-13(16)3/h8-9,11-12,15,26-27H,4-7,10H2,1-3H3,(H,22,23,24). The first-order chi connectivity index (χ1) is 14.4. The van der Waals surface area contributed by atoms with Gasteiger partial charge in [0.1, 0.15) is 12.4 Å². The van der Waals surface area contributed by atoms with Crippen LogP contribution in [0.2, 0.25) is 0 Å². The van der Waals surface area contributed by atoms with Gasteiger partial charge in [-0.2, -0.15) is 4.98 Å². The Balaban J connectivity index is 1.63. The topological polar surface area (TPSA) is 130 Å². The predicted octanol–water partition coefficient (Wildman–Crippen LogP) is 2.51. The molecule has 1 aliphatic rings. The lowest BCUT2D eigenvalue weighted by atomic mass is 10.1. The summed E-state index contributed by atoms with van der Waals surface area (Å²) in [5.41, 5.74) is 2.04. The molecule has 0 aromatic carbocycles. The fourth-order valence-corrected chi connectivity index (χ4v) is 3.09. The molecule has 1 fully saturated rings. The molecule has 0 spiro atoms. The summed E-state index contributed by atoms with van der Waals surface area (Å²) >= 11 is 0. The maximum absolute atomic E-state index is 12.0. The first-order valence-corrected chi connectivity index (χ1v) is 9.87. The molecule has 0 unspecified atom stereocenters. The Hall–Kier alpha value is -3.14. The Labute approximate surface area is 174 Å². The van der Waals surface area contributed by atoms with Crippen LogP contribution < -0.4 is 10.1 Å². The Morgan fingerprint density at radius 1 is 1.30 bits per heavy atom. The largest absolute Gasteiger partial charge is 0.501 e. The molecule has 2 aromatic heterocycles. The second-order valence-corrected chi connectivity index (χ2v) is 7.39. The Bertz CT molecular complexity index is 884. The number of rotatable bonds is 6. The summed E-state index contributed by atoms with van der Waals surface area (Å²) < 4.78 is 11.1. The highest BCUT2D eigenvalue weighted by molar-refractivity contribution is 5.68. The molecule has 3 N–H and O–H groups in total. The van der Waals surface area contributed by atoms with Gasteiger partial charge in [-0.05, 0) is 32.4 Å². The van der Waals surface area contributed by atoms with Crippen LogP contribution in [-0.2, 0) is 11.3 Å². The van der Waals surface area contributed by atoms with Crippen LogP contribution in [0.4, 0.5) is 16.3 Å². The number of anilines is 2. The van der Waals surface area contributed by atoms with Crippen molar-refractivity contribution in [2.24, 2.45) is 0 Å². The van der Waals surface area contributed by atoms with Gasteiger partial charge in [-0.3, -0.25) is 4.98 Å². The number of carbonyl (C=O) groups is 1. The molecule has 2 aromatic rings. The molecular weight excluding hydrogens is 390 g/mol. The van der Waals surface area contributed by atoms with E-state index in [1.54, 1.807) is 17.2 Å². The third kappa shape index (κ3) is 5.26. The number of aromatic nitrogens is 3. The van der Waals surface area contributed by atoms with Crippen molar-refractivity contribution in [1.82, 2.24) is 19.9 Å². The maximum atomic E-state index is 12.0. The van der Waals surface area contributed by atoms with Gasteiger partial charge in [0.25, 0.3) is 5.88 Å². The summed E-state index contributed by atoms with van der Waals surface area (Å²) in [5.74, 6) is 0.0673. The zero-order valence-corrected chi connectivity index (χ0v) is 17.3. The van der Waals surface area contributed by atoms with Gasteiger partial charge in [0.05, 0.1) is 30.3 Å². The highest BCUT2D eigenvalue weighted by atomic mass is 16.6. The molecule has 1 aliphatic heterocycles. The monoisotopic (exact) mass is 417 g/mol. The second-order valence-electron chi connectivity index (χ2n) is 7.39. The number of pyridine rings is 1. The lowest BCUT2D eigenvalue weighted by Crippen LogP contribution is -2.42. The number of likely N-dealkylation sites (tertiary alicyclic amines) is 1. The van der Waals surface area contributed by atoms with Crippen molar-refractivity contribution in [1.29, 1.82) is 0 Å². The van der Waals surface area contributed by atoms with E-state index in [0.717, 1.165) is 5.56 Å². The van der Waals surface area contributed by atoms with E-state index in [9.17, 15) is 15.0 Å². The molecule has 3 heterocycles. The van der Waals surface area contributed by atoms with Gasteiger partial charge in [-0.15, -0.1) is 0 Å². The van der Waals surface area contributed by atoms with Crippen LogP contribution in [0.5, 0.6) is 11.6 Å². The molecule has 3 rings (SSSR count). The zero-order valence-electron chi connectivity index (χ0n) is 17.3. The number of hydrogen-bond acceptors (Lipinski definition) is 9. The minimum Gasteiger partial charge on any atom is -0.501 e. The van der Waals surface area contributed by atoms with E-state index < -0.39 is 0 Å². The number of aromatic hydroxyl groups is 1. The molecule has 10 nitrogen and oxygen atoms in total. The summed E-state index contributed by atoms with van der Waals surface area (Å²) in [5, 5.41) is 22.7. The molecule has 0 radical (unpaired) electrons. The van der Waals surface area contributed by atoms with Crippen LogP contribution in [0.15, 0.2) is 18.6 Å². The number of aliphatic hydroxyl groups is 1. The fraction of sp³-hybridized carbons (Fsp3) is 0.500. The second kappa shape index (κ2) is 9.57. The molecule has 0 bridgehead atoms. The summed E-state index contributed by atoms with van der Waals surface area (Å²) in [6, 6.07) is 1.75. The third-order valence-corrected chi connectivity index (χ3v) is 4.69. The number of amides is 1. The number of aliphatic hydroxyl groups excluding tert-OH is 1. The van der Waals surface area contributed by atoms with E-state index in [-0.39, 0.29) is 42.4 Å². The van der Waals surface area contributed by atoms with Crippen molar-refractivity contribution in [3.05, 3.63) is 29.8 Å². The number of carbonyl (C=O) groups excluding carboxylic acids is 1. The summed E-state index contributed by atoms with van der Waals surface area (Å²) in [6.45, 7) is 6.36. The average molecular weight is 417 g/mol. The lowest BCUT2D eigenvalue weighted by Gasteiger charge is -2.31. The molecule has 0 aliphatic carbocycles. The first kappa shape index (κ1) is 21.6. The van der Waals surface area contributed by atoms with Gasteiger partial charge in [-0.25, -0.2) is 9.78 Å². The van der Waals surface area contributed by atoms with Crippen LogP contribution >= 0.6 is 0 Å². The highest BCUT2D eigenvalue weighted by Crippen LogP contribution is 2.34. The third-order valence-electron chi connectivity index (χ3n) is 4.69. The van der Waals surface area contributed by atoms with Crippen molar-refractivity contribution in [2.45, 2.75) is 52.4 Å². The van der Waals surface area contributed by atoms with E-state index in [1.165, 1.54) is 6.33 Å². The smallest absolute Gasteiger partial charge is 0.410 e. The normalized spacial score (nSPS) is 14.6. The van der Waals surface area contributed by atoms with Gasteiger partial charge in [0.15, 0.2) is 5.82 Å². The number of hydrogen-bond donors (Lipinski definition) is 3. The molecule has 0 atom stereocenters. The molecule has 10 heteroatoms. The van der Waals surface area contributed by atoms with Gasteiger partial charge in [0, 0.05) is 25.9 Å². The van der Waals surface area contributed by atoms with Crippen LogP contribution in [0, 0.1) is 6.92 Å². The van der Waals surface area contributed by atoms with Crippen LogP contribution in [0.1, 0.15) is 37.9 Å². The minimum absolute atomic E-state index is 0.0771. The fourth-order valence-electron chi connectivity index (χ4n) is 3.09. The molecule has 1 saturated heterocycles. The predicted molar refractivity (Wildman–Crippen MR) is 109 cm³/mol. The Morgan fingerprint density at radius 3 is 2.67 bits per heavy atom. The summed E-state index contributed by atoms with van der Waals surface area (Å²) in [6.07, 6.45) is 3.40. The molecule has 1 amide bonds. The molecular formula is C20H27N5O5. The quantitative estimate of drug-likeness (QED) is 0.649. The molecule has 30 heavy (non-hydrogen) atoms. The van der Waals surface area contributed by atoms with Crippen molar-refractivity contribution in [2.75, 3.05) is 18.4 Å². The number of aryl methyl sites for hydroxylation is 1. The summed E-state index contributed by atoms with van der Waals surface area (Å²) in [4.78, 5) is 25.9. The van der Waals surface area contributed by atoms with Gasteiger partial charge >= 0.3 is 6.09 Å². The number of nitrogens with one attached hydrogen (secondary N) is 1. The van der Waals surface area contributed by atoms with E-state index in [0.29, 0.717) is 37.3 Å². The van der Waals surface area contributed by atoms with Crippen molar-refractivity contribution in [3.63, 3.8) is 0 Å². The summed E-state index contributed by atoms with van der Waals surface area (Å²) in [7, 11) is 0. The van der Waals surface area contributed by atoms with E-state index in [1.807, 2.05) is 20.8 Å². The number of piperidine rings is 1. The molecule has 162 valence electrons. The minimum atomic E-state index is -0.323. The SMILES string of the molecule is Cc1cc(CO)ncc1Nc1ncnc(OC2CCN(C(=O)OC(C)C)CC2)c1O. The average Bonchev–Trinajstić information content (AvgIpc) is 2.72. The van der Waals surface area contributed by atoms with Gasteiger partial charge in [0.2, 0.25) is 5.75 Å². The van der Waals surface area contributed by atoms with E-state index >= 15 is 0 Å². The zero-order chi connectivity index (χ0) is 21.7. The van der Waals surface area contributed by atoms with Crippen LogP contribution in [-0.4, -0.2) is 61.5 Å². The van der Waals surface area contributed by atoms with Crippen molar-refractivity contribution in [3.8, 4) is 11.6 Å². The van der Waals surface area contributed by atoms with E-state index in [4.69, 9.17) is 9.47 Å². The lowest BCUT2D eigenvalue weighted by molar-refractivity contribution is 0.0500. The van der Waals surface area contributed by atoms with Gasteiger partial charge in [-0.1, -0.05) is 0 Å². The number of ether oxygens (including phenoxy) is 2. The van der Waals surface area contributed by atoms with Crippen LogP contribution in [0.25, 0.3) is 0 Å². The van der Waals surface area contributed by atoms with Crippen molar-refractivity contribution < 1.29 is 24.5 Å². The first-order valence-electron chi connectivity index (χ1n) is 9.87. The maximum Gasteiger partial charge on any atom is 0.410 e. The van der Waals surface area contributed by atoms with Crippen molar-refractivity contribution >= 4 is 17.6 Å². The Kier molecular flexibility index (Phi) is 6.88. The molecule has 0 saturated carbocycles. The number of nitrogens with zero attached hydrogens (tertiary/aromatic N) is 4. The van der Waals surface area contributed by atoms with Crippen LogP contribution in [0.3, 0.4) is 0 Å².